The van der Waals surface area contributed by atoms with Crippen LogP contribution < -0.4 is 0 Å². The van der Waals surface area contributed by atoms with Crippen LogP contribution in [-0.2, 0) is 14.3 Å². The zero-order valence-electron chi connectivity index (χ0n) is 20.6. The number of hydrogen-bond acceptors (Lipinski definition) is 7. The number of nitrogens with zero attached hydrogens (tertiary/aromatic N) is 3. The van der Waals surface area contributed by atoms with Gasteiger partial charge in [0.05, 0.1) is 5.56 Å². The molecule has 0 aliphatic carbocycles. The number of benzene rings is 2. The molecule has 1 aliphatic rings. The van der Waals surface area contributed by atoms with Crippen LogP contribution in [0.5, 0.6) is 0 Å². The smallest absolute Gasteiger partial charge is 0.338 e. The minimum atomic E-state index is -0.647. The SMILES string of the molecule is Cc1ccc(-c2nnc(-c3ccc(C(=O)OCC(=O)N4C(C)(C)CC(=O)CC4(C)C)cc3)o2)cc1. The predicted octanol–water partition coefficient (Wildman–Crippen LogP) is 4.62. The van der Waals surface area contributed by atoms with E-state index in [1.807, 2.05) is 58.9 Å². The highest BCUT2D eigenvalue weighted by Gasteiger charge is 2.47. The Kier molecular flexibility index (Phi) is 6.32. The third-order valence-corrected chi connectivity index (χ3v) is 6.14. The zero-order chi connectivity index (χ0) is 25.4. The Labute approximate surface area is 204 Å². The highest BCUT2D eigenvalue weighted by molar-refractivity contribution is 5.92. The summed E-state index contributed by atoms with van der Waals surface area (Å²) in [7, 11) is 0. The van der Waals surface area contributed by atoms with Crippen LogP contribution in [0, 0.1) is 6.92 Å². The van der Waals surface area contributed by atoms with Gasteiger partial charge in [0.15, 0.2) is 6.61 Å². The summed E-state index contributed by atoms with van der Waals surface area (Å²) >= 11 is 0. The largest absolute Gasteiger partial charge is 0.452 e. The first-order valence-electron chi connectivity index (χ1n) is 11.5. The van der Waals surface area contributed by atoms with Crippen molar-refractivity contribution in [1.29, 1.82) is 0 Å². The molecule has 4 rings (SSSR count). The van der Waals surface area contributed by atoms with E-state index in [0.717, 1.165) is 11.1 Å². The normalized spacial score (nSPS) is 16.7. The second-order valence-electron chi connectivity index (χ2n) is 10.2. The van der Waals surface area contributed by atoms with Gasteiger partial charge in [-0.05, 0) is 71.0 Å². The van der Waals surface area contributed by atoms with Crippen molar-refractivity contribution in [3.63, 3.8) is 0 Å². The molecule has 0 saturated carbocycles. The van der Waals surface area contributed by atoms with E-state index in [1.54, 1.807) is 29.2 Å². The molecule has 1 amide bonds. The molecule has 182 valence electrons. The molecule has 0 spiro atoms. The van der Waals surface area contributed by atoms with Gasteiger partial charge in [-0.2, -0.15) is 0 Å². The van der Waals surface area contributed by atoms with E-state index in [9.17, 15) is 14.4 Å². The number of ketones is 1. The Hall–Kier alpha value is -3.81. The van der Waals surface area contributed by atoms with Gasteiger partial charge in [-0.15, -0.1) is 10.2 Å². The van der Waals surface area contributed by atoms with Crippen molar-refractivity contribution in [3.05, 3.63) is 59.7 Å². The minimum Gasteiger partial charge on any atom is -0.452 e. The molecule has 1 saturated heterocycles. The number of likely N-dealkylation sites (tertiary alicyclic amines) is 1. The second kappa shape index (κ2) is 9.09. The van der Waals surface area contributed by atoms with E-state index < -0.39 is 23.7 Å². The van der Waals surface area contributed by atoms with Gasteiger partial charge in [0.2, 0.25) is 11.8 Å². The second-order valence-corrected chi connectivity index (χ2v) is 10.2. The summed E-state index contributed by atoms with van der Waals surface area (Å²) in [5.41, 5.74) is 1.62. The van der Waals surface area contributed by atoms with E-state index in [4.69, 9.17) is 9.15 Å². The molecule has 0 unspecified atom stereocenters. The highest BCUT2D eigenvalue weighted by Crippen LogP contribution is 2.36. The predicted molar refractivity (Wildman–Crippen MR) is 129 cm³/mol. The van der Waals surface area contributed by atoms with E-state index in [2.05, 4.69) is 10.2 Å². The summed E-state index contributed by atoms with van der Waals surface area (Å²) in [5.74, 6) is -0.0770. The van der Waals surface area contributed by atoms with Gasteiger partial charge in [0.1, 0.15) is 5.78 Å². The molecule has 0 radical (unpaired) electrons. The minimum absolute atomic E-state index is 0.119. The highest BCUT2D eigenvalue weighted by atomic mass is 16.5. The van der Waals surface area contributed by atoms with Crippen molar-refractivity contribution in [2.75, 3.05) is 6.61 Å². The first-order chi connectivity index (χ1) is 16.5. The van der Waals surface area contributed by atoms with E-state index >= 15 is 0 Å². The van der Waals surface area contributed by atoms with Crippen LogP contribution in [0.1, 0.15) is 56.5 Å². The Balaban J connectivity index is 1.40. The summed E-state index contributed by atoms with van der Waals surface area (Å²) in [6.45, 7) is 9.02. The molecular formula is C27H29N3O5. The summed E-state index contributed by atoms with van der Waals surface area (Å²) in [5, 5.41) is 8.20. The number of amides is 1. The third-order valence-electron chi connectivity index (χ3n) is 6.14. The third kappa shape index (κ3) is 5.16. The number of ether oxygens (including phenoxy) is 1. The molecule has 35 heavy (non-hydrogen) atoms. The zero-order valence-corrected chi connectivity index (χ0v) is 20.6. The van der Waals surface area contributed by atoms with Crippen molar-refractivity contribution < 1.29 is 23.5 Å². The van der Waals surface area contributed by atoms with Gasteiger partial charge >= 0.3 is 5.97 Å². The summed E-state index contributed by atoms with van der Waals surface area (Å²) in [6.07, 6.45) is 0.553. The molecule has 1 aliphatic heterocycles. The van der Waals surface area contributed by atoms with Gasteiger partial charge in [0.25, 0.3) is 5.91 Å². The Morgan fingerprint density at radius 3 is 1.89 bits per heavy atom. The van der Waals surface area contributed by atoms with E-state index in [0.29, 0.717) is 22.9 Å². The summed E-state index contributed by atoms with van der Waals surface area (Å²) < 4.78 is 11.1. The van der Waals surface area contributed by atoms with E-state index in [1.165, 1.54) is 0 Å². The molecule has 3 aromatic rings. The van der Waals surface area contributed by atoms with Crippen LogP contribution in [0.3, 0.4) is 0 Å². The van der Waals surface area contributed by atoms with Crippen molar-refractivity contribution >= 4 is 17.7 Å². The lowest BCUT2D eigenvalue weighted by Crippen LogP contribution is -2.63. The van der Waals surface area contributed by atoms with Gasteiger partial charge in [-0.1, -0.05) is 17.7 Å². The maximum atomic E-state index is 13.0. The number of aromatic nitrogens is 2. The van der Waals surface area contributed by atoms with Crippen LogP contribution in [0.2, 0.25) is 0 Å². The fourth-order valence-corrected chi connectivity index (χ4v) is 4.86. The molecule has 0 atom stereocenters. The number of hydrogen-bond donors (Lipinski definition) is 0. The summed E-state index contributed by atoms with van der Waals surface area (Å²) in [4.78, 5) is 39.3. The number of carbonyl (C=O) groups excluding carboxylic acids is 3. The van der Waals surface area contributed by atoms with Crippen molar-refractivity contribution in [2.24, 2.45) is 0 Å². The lowest BCUT2D eigenvalue weighted by atomic mass is 9.79. The molecule has 0 N–H and O–H groups in total. The Morgan fingerprint density at radius 1 is 0.886 bits per heavy atom. The molecule has 8 heteroatoms. The fourth-order valence-electron chi connectivity index (χ4n) is 4.86. The lowest BCUT2D eigenvalue weighted by Gasteiger charge is -2.51. The van der Waals surface area contributed by atoms with Crippen LogP contribution in [0.25, 0.3) is 22.9 Å². The summed E-state index contributed by atoms with van der Waals surface area (Å²) in [6, 6.07) is 14.3. The number of rotatable bonds is 5. The van der Waals surface area contributed by atoms with Gasteiger partial charge < -0.3 is 14.1 Å². The molecule has 1 fully saturated rings. The molecule has 0 bridgehead atoms. The van der Waals surface area contributed by atoms with Crippen LogP contribution >= 0.6 is 0 Å². The Morgan fingerprint density at radius 2 is 1.37 bits per heavy atom. The van der Waals surface area contributed by atoms with Gasteiger partial charge in [-0.25, -0.2) is 4.79 Å². The first-order valence-corrected chi connectivity index (χ1v) is 11.5. The van der Waals surface area contributed by atoms with E-state index in [-0.39, 0.29) is 24.5 Å². The quantitative estimate of drug-likeness (QED) is 0.496. The van der Waals surface area contributed by atoms with Crippen molar-refractivity contribution in [2.45, 2.75) is 58.5 Å². The number of carbonyl (C=O) groups is 3. The van der Waals surface area contributed by atoms with Crippen LogP contribution in [0.15, 0.2) is 52.9 Å². The molecular weight excluding hydrogens is 446 g/mol. The molecule has 2 aromatic carbocycles. The van der Waals surface area contributed by atoms with Crippen LogP contribution in [0.4, 0.5) is 0 Å². The monoisotopic (exact) mass is 475 g/mol. The number of esters is 1. The van der Waals surface area contributed by atoms with Gasteiger partial charge in [-0.3, -0.25) is 9.59 Å². The lowest BCUT2D eigenvalue weighted by molar-refractivity contribution is -0.156. The molecule has 8 nitrogen and oxygen atoms in total. The fraction of sp³-hybridized carbons (Fsp3) is 0.370. The maximum Gasteiger partial charge on any atom is 0.338 e. The average Bonchev–Trinajstić information content (AvgIpc) is 3.26. The number of piperidine rings is 1. The topological polar surface area (TPSA) is 103 Å². The Bertz CT molecular complexity index is 1240. The number of Topliss-reactive ketones (excluding diaryl/α,β-unsaturated/α-hetero) is 1. The van der Waals surface area contributed by atoms with Crippen molar-refractivity contribution in [1.82, 2.24) is 15.1 Å². The van der Waals surface area contributed by atoms with Crippen molar-refractivity contribution in [3.8, 4) is 22.9 Å². The molecule has 2 heterocycles. The maximum absolute atomic E-state index is 13.0. The first kappa shape index (κ1) is 24.3. The average molecular weight is 476 g/mol. The molecule has 1 aromatic heterocycles. The van der Waals surface area contributed by atoms with Crippen LogP contribution in [-0.4, -0.2) is 50.4 Å². The van der Waals surface area contributed by atoms with Gasteiger partial charge in [0, 0.05) is 35.0 Å². The number of aryl methyl sites for hydroxylation is 1. The standard InChI is InChI=1S/C27H29N3O5/c1-17-6-8-18(9-7-17)23-28-29-24(35-23)19-10-12-20(13-11-19)25(33)34-16-22(32)30-26(2,3)14-21(31)15-27(30,4)5/h6-13H,14-16H2,1-5H3.